The van der Waals surface area contributed by atoms with Crippen LogP contribution < -0.4 is 10.2 Å². The highest BCUT2D eigenvalue weighted by Crippen LogP contribution is 2.37. The Morgan fingerprint density at radius 2 is 1.71 bits per heavy atom. The van der Waals surface area contributed by atoms with Gasteiger partial charge >= 0.3 is 0 Å². The second kappa shape index (κ2) is 5.98. The van der Waals surface area contributed by atoms with Gasteiger partial charge in [0.1, 0.15) is 12.0 Å². The fourth-order valence-electron chi connectivity index (χ4n) is 2.90. The Morgan fingerprint density at radius 1 is 0.958 bits per heavy atom. The van der Waals surface area contributed by atoms with Crippen molar-refractivity contribution < 1.29 is 4.79 Å². The first-order chi connectivity index (χ1) is 11.7. The molecular weight excluding hydrogens is 322 g/mol. The minimum absolute atomic E-state index is 0.0751. The van der Waals surface area contributed by atoms with E-state index in [0.717, 1.165) is 11.3 Å². The molecule has 1 unspecified atom stereocenters. The van der Waals surface area contributed by atoms with E-state index in [1.54, 1.807) is 23.2 Å². The number of pyridine rings is 1. The number of hydrogen-bond donors (Lipinski definition) is 1. The summed E-state index contributed by atoms with van der Waals surface area (Å²) in [6.07, 6.45) is 1.23. The van der Waals surface area contributed by atoms with Gasteiger partial charge in [-0.2, -0.15) is 0 Å². The first-order valence-electron chi connectivity index (χ1n) is 7.60. The van der Waals surface area contributed by atoms with E-state index in [0.29, 0.717) is 16.4 Å². The van der Waals surface area contributed by atoms with E-state index < -0.39 is 0 Å². The number of halogens is 1. The van der Waals surface area contributed by atoms with Crippen LogP contribution in [0.15, 0.2) is 72.9 Å². The van der Waals surface area contributed by atoms with Gasteiger partial charge in [-0.3, -0.25) is 9.69 Å². The van der Waals surface area contributed by atoms with Crippen LogP contribution in [0.3, 0.4) is 0 Å². The number of amides is 1. The number of benzene rings is 2. The van der Waals surface area contributed by atoms with Gasteiger partial charge < -0.3 is 5.32 Å². The van der Waals surface area contributed by atoms with Gasteiger partial charge in [-0.1, -0.05) is 48.0 Å². The number of fused-ring (bicyclic) bond motifs is 1. The molecule has 1 N–H and O–H groups in total. The van der Waals surface area contributed by atoms with Crippen molar-refractivity contribution in [3.05, 3.63) is 89.1 Å². The molecule has 4 rings (SSSR count). The normalized spacial score (nSPS) is 16.1. The Morgan fingerprint density at radius 3 is 2.46 bits per heavy atom. The summed E-state index contributed by atoms with van der Waals surface area (Å²) >= 11 is 5.93. The first-order valence-corrected chi connectivity index (χ1v) is 7.97. The summed E-state index contributed by atoms with van der Waals surface area (Å²) in [4.78, 5) is 18.9. The lowest BCUT2D eigenvalue weighted by molar-refractivity contribution is 0.0992. The molecule has 1 aliphatic heterocycles. The highest BCUT2D eigenvalue weighted by Gasteiger charge is 2.38. The summed E-state index contributed by atoms with van der Waals surface area (Å²) in [5, 5.41) is 3.96. The maximum absolute atomic E-state index is 12.9. The van der Waals surface area contributed by atoms with Crippen molar-refractivity contribution in [3.63, 3.8) is 0 Å². The van der Waals surface area contributed by atoms with Gasteiger partial charge in [-0.25, -0.2) is 4.98 Å². The Balaban J connectivity index is 1.79. The van der Waals surface area contributed by atoms with E-state index in [1.165, 1.54) is 0 Å². The maximum Gasteiger partial charge on any atom is 0.261 e. The van der Waals surface area contributed by atoms with E-state index in [2.05, 4.69) is 10.3 Å². The Hall–Kier alpha value is -2.85. The van der Waals surface area contributed by atoms with Gasteiger partial charge in [-0.05, 0) is 30.3 Å². The quantitative estimate of drug-likeness (QED) is 0.766. The van der Waals surface area contributed by atoms with Crippen LogP contribution in [-0.4, -0.2) is 10.9 Å². The topological polar surface area (TPSA) is 45.2 Å². The van der Waals surface area contributed by atoms with Crippen LogP contribution in [0.4, 0.5) is 11.5 Å². The summed E-state index contributed by atoms with van der Waals surface area (Å²) in [6, 6.07) is 20.9. The second-order valence-corrected chi connectivity index (χ2v) is 5.95. The molecule has 1 aliphatic rings. The number of para-hydroxylation sites is 1. The van der Waals surface area contributed by atoms with Crippen LogP contribution in [0, 0.1) is 0 Å². The lowest BCUT2D eigenvalue weighted by Gasteiger charge is -2.26. The fourth-order valence-corrected chi connectivity index (χ4v) is 3.01. The highest BCUT2D eigenvalue weighted by atomic mass is 35.5. The molecule has 24 heavy (non-hydrogen) atoms. The zero-order valence-corrected chi connectivity index (χ0v) is 13.4. The molecule has 118 valence electrons. The zero-order valence-electron chi connectivity index (χ0n) is 12.7. The average molecular weight is 336 g/mol. The largest absolute Gasteiger partial charge is 0.361 e. The average Bonchev–Trinajstić information content (AvgIpc) is 2.89. The number of anilines is 2. The zero-order chi connectivity index (χ0) is 16.5. The fraction of sp³-hybridized carbons (Fsp3) is 0.0526. The molecule has 0 saturated carbocycles. The van der Waals surface area contributed by atoms with Gasteiger partial charge in [0.15, 0.2) is 0 Å². The first kappa shape index (κ1) is 14.7. The van der Waals surface area contributed by atoms with Crippen LogP contribution in [-0.2, 0) is 0 Å². The number of hydrogen-bond acceptors (Lipinski definition) is 3. The van der Waals surface area contributed by atoms with Gasteiger partial charge in [0.2, 0.25) is 0 Å². The van der Waals surface area contributed by atoms with Crippen molar-refractivity contribution in [2.45, 2.75) is 6.17 Å². The minimum Gasteiger partial charge on any atom is -0.361 e. The van der Waals surface area contributed by atoms with E-state index in [1.807, 2.05) is 54.6 Å². The third-order valence-electron chi connectivity index (χ3n) is 4.00. The Labute approximate surface area is 144 Å². The third-order valence-corrected chi connectivity index (χ3v) is 4.22. The van der Waals surface area contributed by atoms with E-state index >= 15 is 0 Å². The van der Waals surface area contributed by atoms with Crippen molar-refractivity contribution in [1.29, 1.82) is 0 Å². The molecule has 0 fully saturated rings. The molecular formula is C19H14ClN3O. The third kappa shape index (κ3) is 2.51. The SMILES string of the molecule is O=C1c2ccccc2C(Nc2ccccc2)N1c1ccc(Cl)cn1. The lowest BCUT2D eigenvalue weighted by atomic mass is 10.1. The van der Waals surface area contributed by atoms with Crippen LogP contribution in [0.2, 0.25) is 5.02 Å². The maximum atomic E-state index is 12.9. The molecule has 2 aromatic carbocycles. The number of rotatable bonds is 3. The Kier molecular flexibility index (Phi) is 3.67. The van der Waals surface area contributed by atoms with E-state index in [-0.39, 0.29) is 12.1 Å². The van der Waals surface area contributed by atoms with Gasteiger partial charge in [0.05, 0.1) is 5.02 Å². The van der Waals surface area contributed by atoms with Crippen LogP contribution in [0.25, 0.3) is 0 Å². The molecule has 1 amide bonds. The van der Waals surface area contributed by atoms with Crippen molar-refractivity contribution >= 4 is 29.0 Å². The lowest BCUT2D eigenvalue weighted by Crippen LogP contribution is -2.32. The molecule has 0 radical (unpaired) electrons. The molecule has 0 aliphatic carbocycles. The molecule has 0 saturated heterocycles. The van der Waals surface area contributed by atoms with E-state index in [9.17, 15) is 4.79 Å². The summed E-state index contributed by atoms with van der Waals surface area (Å²) in [5.74, 6) is 0.489. The number of carbonyl (C=O) groups is 1. The van der Waals surface area contributed by atoms with Crippen LogP contribution in [0.1, 0.15) is 22.1 Å². The molecule has 4 nitrogen and oxygen atoms in total. The monoisotopic (exact) mass is 335 g/mol. The van der Waals surface area contributed by atoms with Gasteiger partial charge in [0.25, 0.3) is 5.91 Å². The van der Waals surface area contributed by atoms with Gasteiger partial charge in [-0.15, -0.1) is 0 Å². The Bertz CT molecular complexity index is 881. The van der Waals surface area contributed by atoms with Crippen molar-refractivity contribution in [2.75, 3.05) is 10.2 Å². The molecule has 0 spiro atoms. The van der Waals surface area contributed by atoms with Crippen molar-refractivity contribution in [3.8, 4) is 0 Å². The predicted octanol–water partition coefficient (Wildman–Crippen LogP) is 4.51. The number of carbonyl (C=O) groups excluding carboxylic acids is 1. The van der Waals surface area contributed by atoms with Crippen molar-refractivity contribution in [1.82, 2.24) is 4.98 Å². The summed E-state index contributed by atoms with van der Waals surface area (Å²) < 4.78 is 0. The number of nitrogens with zero attached hydrogens (tertiary/aromatic N) is 2. The van der Waals surface area contributed by atoms with Gasteiger partial charge in [0, 0.05) is 23.0 Å². The highest BCUT2D eigenvalue weighted by molar-refractivity contribution is 6.30. The predicted molar refractivity (Wildman–Crippen MR) is 95.3 cm³/mol. The molecule has 2 heterocycles. The summed E-state index contributed by atoms with van der Waals surface area (Å²) in [6.45, 7) is 0. The standard InChI is InChI=1S/C19H14ClN3O/c20-13-10-11-17(21-12-13)23-18(22-14-6-2-1-3-7-14)15-8-4-5-9-16(15)19(23)24/h1-12,18,22H. The number of nitrogens with one attached hydrogen (secondary N) is 1. The molecule has 3 aromatic rings. The molecule has 1 aromatic heterocycles. The smallest absolute Gasteiger partial charge is 0.261 e. The minimum atomic E-state index is -0.315. The second-order valence-electron chi connectivity index (χ2n) is 5.51. The molecule has 0 bridgehead atoms. The van der Waals surface area contributed by atoms with Crippen LogP contribution >= 0.6 is 11.6 Å². The summed E-state index contributed by atoms with van der Waals surface area (Å²) in [5.41, 5.74) is 2.55. The van der Waals surface area contributed by atoms with Crippen LogP contribution in [0.5, 0.6) is 0 Å². The summed E-state index contributed by atoms with van der Waals surface area (Å²) in [7, 11) is 0. The molecule has 5 heteroatoms. The number of aromatic nitrogens is 1. The van der Waals surface area contributed by atoms with Crippen molar-refractivity contribution in [2.24, 2.45) is 0 Å². The van der Waals surface area contributed by atoms with E-state index in [4.69, 9.17) is 11.6 Å². The molecule has 1 atom stereocenters.